The van der Waals surface area contributed by atoms with Gasteiger partial charge in [0.15, 0.2) is 11.8 Å². The molecule has 1 amide bonds. The van der Waals surface area contributed by atoms with Crippen molar-refractivity contribution < 1.29 is 22.7 Å². The minimum Gasteiger partial charge on any atom is -0.484 e. The van der Waals surface area contributed by atoms with Gasteiger partial charge in [-0.25, -0.2) is 13.4 Å². The van der Waals surface area contributed by atoms with Gasteiger partial charge in [-0.1, -0.05) is 60.7 Å². The topological polar surface area (TPSA) is 118 Å². The van der Waals surface area contributed by atoms with Crippen molar-refractivity contribution in [1.29, 1.82) is 0 Å². The fourth-order valence-corrected chi connectivity index (χ4v) is 7.14. The molecule has 3 aromatic carbocycles. The molecule has 226 valence electrons. The molecular formula is C33H32N4O5S2. The number of carbonyl (C=O) groups is 2. The number of sulfonamides is 1. The zero-order valence-electron chi connectivity index (χ0n) is 24.2. The highest BCUT2D eigenvalue weighted by atomic mass is 32.2. The lowest BCUT2D eigenvalue weighted by Crippen LogP contribution is -2.53. The van der Waals surface area contributed by atoms with Crippen LogP contribution in [0.25, 0.3) is 10.8 Å². The number of nitrogens with zero attached hydrogens (tertiary/aromatic N) is 2. The molecule has 44 heavy (non-hydrogen) atoms. The fourth-order valence-electron chi connectivity index (χ4n) is 4.88. The number of Topliss-reactive ketones (excluding diaryl/α,β-unsaturated/α-hetero) is 1. The number of fused-ring (bicyclic) bond motifs is 2. The predicted octanol–water partition coefficient (Wildman–Crippen LogP) is 5.54. The van der Waals surface area contributed by atoms with Crippen molar-refractivity contribution in [2.45, 2.75) is 23.5 Å². The molecule has 2 N–H and O–H groups in total. The van der Waals surface area contributed by atoms with Crippen LogP contribution in [0.3, 0.4) is 0 Å². The van der Waals surface area contributed by atoms with Gasteiger partial charge in [-0.05, 0) is 60.8 Å². The first kappa shape index (κ1) is 31.0. The first-order valence-electron chi connectivity index (χ1n) is 14.0. The summed E-state index contributed by atoms with van der Waals surface area (Å²) in [7, 11) is -0.719. The van der Waals surface area contributed by atoms with Crippen molar-refractivity contribution in [1.82, 2.24) is 14.6 Å². The second-order valence-electron chi connectivity index (χ2n) is 9.98. The summed E-state index contributed by atoms with van der Waals surface area (Å²) < 4.78 is 32.1. The van der Waals surface area contributed by atoms with Crippen LogP contribution in [0.5, 0.6) is 5.75 Å². The quantitative estimate of drug-likeness (QED) is 0.217. The maximum Gasteiger partial charge on any atom is 0.251 e. The largest absolute Gasteiger partial charge is 0.484 e. The molecule has 11 heteroatoms. The maximum atomic E-state index is 12.6. The molecule has 0 radical (unpaired) electrons. The van der Waals surface area contributed by atoms with E-state index in [-0.39, 0.29) is 22.4 Å². The van der Waals surface area contributed by atoms with E-state index in [1.165, 1.54) is 47.1 Å². The van der Waals surface area contributed by atoms with Gasteiger partial charge in [0.25, 0.3) is 5.91 Å². The van der Waals surface area contributed by atoms with Gasteiger partial charge in [0.2, 0.25) is 10.0 Å². The lowest BCUT2D eigenvalue weighted by atomic mass is 10.0. The fraction of sp³-hybridized carbons (Fsp3) is 0.182. The molecule has 2 atom stereocenters. The summed E-state index contributed by atoms with van der Waals surface area (Å²) in [5, 5.41) is 10.2. The minimum atomic E-state index is -3.91. The Morgan fingerprint density at radius 1 is 0.977 bits per heavy atom. The van der Waals surface area contributed by atoms with Gasteiger partial charge >= 0.3 is 0 Å². The number of rotatable bonds is 8. The molecule has 5 aromatic rings. The number of anilines is 1. The van der Waals surface area contributed by atoms with Crippen LogP contribution in [-0.2, 0) is 14.8 Å². The van der Waals surface area contributed by atoms with E-state index in [0.29, 0.717) is 0 Å². The molecule has 1 unspecified atom stereocenters. The average molecular weight is 629 g/mol. The first-order valence-corrected chi connectivity index (χ1v) is 16.3. The predicted molar refractivity (Wildman–Crippen MR) is 173 cm³/mol. The van der Waals surface area contributed by atoms with E-state index in [0.717, 1.165) is 23.0 Å². The van der Waals surface area contributed by atoms with Gasteiger partial charge in [0.05, 0.1) is 4.90 Å². The number of carbonyl (C=O) groups excluding carboxylic acids is 2. The second kappa shape index (κ2) is 13.9. The van der Waals surface area contributed by atoms with Crippen LogP contribution < -0.4 is 15.4 Å². The van der Waals surface area contributed by atoms with E-state index >= 15 is 0 Å². The molecule has 1 aliphatic rings. The zero-order chi connectivity index (χ0) is 31.1. The lowest BCUT2D eigenvalue weighted by molar-refractivity contribution is -0.118. The summed E-state index contributed by atoms with van der Waals surface area (Å²) in [5.41, 5.74) is 0.0202. The van der Waals surface area contributed by atoms with Gasteiger partial charge in [0, 0.05) is 35.5 Å². The summed E-state index contributed by atoms with van der Waals surface area (Å²) in [5.74, 6) is -0.0989. The number of hydrogen-bond acceptors (Lipinski definition) is 8. The molecule has 0 aliphatic carbocycles. The summed E-state index contributed by atoms with van der Waals surface area (Å²) in [6.45, 7) is 0.938. The van der Waals surface area contributed by atoms with Crippen molar-refractivity contribution in [2.24, 2.45) is 0 Å². The molecule has 3 heterocycles. The highest BCUT2D eigenvalue weighted by molar-refractivity contribution is 7.89. The molecule has 1 aliphatic heterocycles. The first-order chi connectivity index (χ1) is 21.3. The number of amides is 1. The van der Waals surface area contributed by atoms with Crippen molar-refractivity contribution >= 4 is 49.6 Å². The number of nitrogens with one attached hydrogen (secondary N) is 2. The van der Waals surface area contributed by atoms with E-state index in [2.05, 4.69) is 75.6 Å². The molecule has 0 saturated carbocycles. The highest BCUT2D eigenvalue weighted by Crippen LogP contribution is 2.33. The molecule has 0 fully saturated rings. The number of hydrogen-bond donors (Lipinski definition) is 2. The Morgan fingerprint density at radius 2 is 1.73 bits per heavy atom. The highest BCUT2D eigenvalue weighted by Gasteiger charge is 2.45. The monoisotopic (exact) mass is 628 g/mol. The van der Waals surface area contributed by atoms with E-state index in [9.17, 15) is 18.0 Å². The number of thiophene rings is 1. The molecule has 0 saturated heterocycles. The molecule has 6 rings (SSSR count). The Labute approximate surface area is 260 Å². The van der Waals surface area contributed by atoms with E-state index < -0.39 is 27.8 Å². The third-order valence-electron chi connectivity index (χ3n) is 7.12. The molecule has 9 nitrogen and oxygen atoms in total. The SMILES string of the molecule is CN1C(C(=O)Nc2ccccn2)C(=O)c2ccccc2S1(=O)=O.CNCC[C@@H](Oc1cccc2ccccc12)c1cccs1. The van der Waals surface area contributed by atoms with Gasteiger partial charge in [-0.3, -0.25) is 9.59 Å². The van der Waals surface area contributed by atoms with Gasteiger partial charge in [-0.15, -0.1) is 11.3 Å². The Morgan fingerprint density at radius 3 is 2.48 bits per heavy atom. The van der Waals surface area contributed by atoms with E-state index in [4.69, 9.17) is 4.74 Å². The minimum absolute atomic E-state index is 0.0202. The van der Waals surface area contributed by atoms with Gasteiger partial charge < -0.3 is 15.4 Å². The normalized spacial score (nSPS) is 16.3. The number of benzene rings is 3. The number of ketones is 1. The summed E-state index contributed by atoms with van der Waals surface area (Å²) in [6, 6.07) is 28.1. The van der Waals surface area contributed by atoms with Crippen LogP contribution in [0.15, 0.2) is 114 Å². The molecule has 0 bridgehead atoms. The molecule has 2 aromatic heterocycles. The Balaban J connectivity index is 0.000000175. The van der Waals surface area contributed by atoms with Crippen LogP contribution in [0.4, 0.5) is 5.82 Å². The van der Waals surface area contributed by atoms with Crippen molar-refractivity contribution in [3.05, 3.63) is 119 Å². The second-order valence-corrected chi connectivity index (χ2v) is 12.9. The van der Waals surface area contributed by atoms with Crippen LogP contribution in [-0.4, -0.2) is 56.1 Å². The third kappa shape index (κ3) is 6.71. The van der Waals surface area contributed by atoms with Crippen LogP contribution in [0, 0.1) is 0 Å². The third-order valence-corrected chi connectivity index (χ3v) is 9.97. The molecule has 0 spiro atoms. The van der Waals surface area contributed by atoms with Gasteiger partial charge in [0.1, 0.15) is 17.7 Å². The van der Waals surface area contributed by atoms with Crippen LogP contribution in [0.1, 0.15) is 27.8 Å². The number of pyridine rings is 1. The van der Waals surface area contributed by atoms with Crippen molar-refractivity contribution in [3.8, 4) is 5.75 Å². The van der Waals surface area contributed by atoms with E-state index in [1.54, 1.807) is 35.6 Å². The number of ether oxygens (including phenoxy) is 1. The lowest BCUT2D eigenvalue weighted by Gasteiger charge is -2.30. The Bertz CT molecular complexity index is 1840. The standard InChI is InChI=1S/C18H19NOS.C15H13N3O4S/c1-19-12-11-17(18-10-5-13-21-18)20-16-9-4-7-14-6-2-3-8-15(14)16;1-18-13(15(20)17-12-8-4-5-9-16-12)14(19)10-6-2-3-7-11(10)23(18,21)22/h2-10,13,17,19H,11-12H2,1H3;2-9,13H,1H3,(H,16,17,20)/t17-;/m1./s1. The maximum absolute atomic E-state index is 12.6. The van der Waals surface area contributed by atoms with Gasteiger partial charge in [-0.2, -0.15) is 4.31 Å². The summed E-state index contributed by atoms with van der Waals surface area (Å²) >= 11 is 1.75. The summed E-state index contributed by atoms with van der Waals surface area (Å²) in [4.78, 5) is 30.1. The zero-order valence-corrected chi connectivity index (χ0v) is 25.8. The van der Waals surface area contributed by atoms with Crippen LogP contribution in [0.2, 0.25) is 0 Å². The van der Waals surface area contributed by atoms with Crippen molar-refractivity contribution in [3.63, 3.8) is 0 Å². The Hall–Kier alpha value is -4.42. The summed E-state index contributed by atoms with van der Waals surface area (Å²) in [6.07, 6.45) is 2.54. The number of likely N-dealkylation sites (N-methyl/N-ethyl adjacent to an activating group) is 1. The van der Waals surface area contributed by atoms with Crippen molar-refractivity contribution in [2.75, 3.05) is 26.0 Å². The Kier molecular flexibility index (Phi) is 9.81. The molecular weight excluding hydrogens is 597 g/mol. The smallest absolute Gasteiger partial charge is 0.251 e. The average Bonchev–Trinajstić information content (AvgIpc) is 3.58. The number of aromatic nitrogens is 1. The van der Waals surface area contributed by atoms with E-state index in [1.807, 2.05) is 7.05 Å². The van der Waals surface area contributed by atoms with Crippen LogP contribution >= 0.6 is 11.3 Å².